The third-order valence-corrected chi connectivity index (χ3v) is 7.73. The second kappa shape index (κ2) is 10.2. The first-order chi connectivity index (χ1) is 17.4. The quantitative estimate of drug-likeness (QED) is 0.506. The molecule has 0 aliphatic carbocycles. The molecule has 2 N–H and O–H groups in total. The number of ether oxygens (including phenoxy) is 2. The fourth-order valence-corrected chi connectivity index (χ4v) is 5.82. The number of nitriles is 1. The Balaban J connectivity index is 1.51. The van der Waals surface area contributed by atoms with Crippen LogP contribution in [0.2, 0.25) is 5.02 Å². The maximum absolute atomic E-state index is 10.0. The summed E-state index contributed by atoms with van der Waals surface area (Å²) >= 11 is 6.72. The number of anilines is 1. The van der Waals surface area contributed by atoms with Crippen LogP contribution in [0.4, 0.5) is 5.82 Å². The van der Waals surface area contributed by atoms with Gasteiger partial charge in [-0.2, -0.15) is 10.4 Å². The van der Waals surface area contributed by atoms with Crippen molar-refractivity contribution in [2.24, 2.45) is 5.92 Å². The van der Waals surface area contributed by atoms with Gasteiger partial charge in [0.1, 0.15) is 24.0 Å². The minimum Gasteiger partial charge on any atom is -0.493 e. The molecule has 2 aliphatic heterocycles. The molecule has 4 heterocycles. The first-order valence-electron chi connectivity index (χ1n) is 12.6. The lowest BCUT2D eigenvalue weighted by atomic mass is 9.84. The molecule has 2 saturated heterocycles. The van der Waals surface area contributed by atoms with Crippen molar-refractivity contribution in [1.82, 2.24) is 24.6 Å². The maximum Gasteiger partial charge on any atom is 0.164 e. The molecule has 0 bridgehead atoms. The van der Waals surface area contributed by atoms with Gasteiger partial charge in [0.2, 0.25) is 0 Å². The molecule has 2 aromatic heterocycles. The van der Waals surface area contributed by atoms with E-state index in [1.165, 1.54) is 6.33 Å². The lowest BCUT2D eigenvalue weighted by Gasteiger charge is -2.43. The summed E-state index contributed by atoms with van der Waals surface area (Å²) in [4.78, 5) is 11.0. The molecule has 5 rings (SSSR count). The van der Waals surface area contributed by atoms with E-state index in [9.17, 15) is 5.26 Å². The number of fused-ring (bicyclic) bond motifs is 1. The van der Waals surface area contributed by atoms with Gasteiger partial charge < -0.3 is 20.1 Å². The molecule has 0 unspecified atom stereocenters. The number of halogens is 1. The highest BCUT2D eigenvalue weighted by Crippen LogP contribution is 2.44. The number of likely N-dealkylation sites (tertiary alicyclic amines) is 1. The van der Waals surface area contributed by atoms with Gasteiger partial charge in [0.05, 0.1) is 34.3 Å². The van der Waals surface area contributed by atoms with E-state index >= 15 is 0 Å². The van der Waals surface area contributed by atoms with Gasteiger partial charge in [-0.3, -0.25) is 0 Å². The first kappa shape index (κ1) is 24.8. The van der Waals surface area contributed by atoms with Gasteiger partial charge in [0.25, 0.3) is 0 Å². The molecule has 9 nitrogen and oxygen atoms in total. The predicted molar refractivity (Wildman–Crippen MR) is 138 cm³/mol. The first-order valence-corrected chi connectivity index (χ1v) is 12.9. The summed E-state index contributed by atoms with van der Waals surface area (Å²) < 4.78 is 13.6. The van der Waals surface area contributed by atoms with Crippen molar-refractivity contribution in [2.75, 3.05) is 45.2 Å². The van der Waals surface area contributed by atoms with Gasteiger partial charge >= 0.3 is 0 Å². The van der Waals surface area contributed by atoms with Crippen LogP contribution in [-0.2, 0) is 4.74 Å². The molecule has 2 fully saturated rings. The second-order valence-electron chi connectivity index (χ2n) is 9.74. The zero-order valence-electron chi connectivity index (χ0n) is 21.0. The molecule has 1 aromatic carbocycles. The van der Waals surface area contributed by atoms with Crippen molar-refractivity contribution < 1.29 is 9.47 Å². The van der Waals surface area contributed by atoms with E-state index in [1.54, 1.807) is 0 Å². The topological polar surface area (TPSA) is 115 Å². The molecule has 1 atom stereocenters. The summed E-state index contributed by atoms with van der Waals surface area (Å²) in [5, 5.41) is 16.0. The van der Waals surface area contributed by atoms with E-state index in [-0.39, 0.29) is 12.0 Å². The van der Waals surface area contributed by atoms with Crippen LogP contribution in [-0.4, -0.2) is 64.1 Å². The van der Waals surface area contributed by atoms with Crippen LogP contribution in [0, 0.1) is 24.2 Å². The van der Waals surface area contributed by atoms with Gasteiger partial charge in [-0.15, -0.1) is 0 Å². The van der Waals surface area contributed by atoms with E-state index in [0.717, 1.165) is 73.6 Å². The van der Waals surface area contributed by atoms with Crippen LogP contribution in [0.15, 0.2) is 12.4 Å². The monoisotopic (exact) mass is 509 g/mol. The maximum atomic E-state index is 10.0. The van der Waals surface area contributed by atoms with Crippen molar-refractivity contribution in [2.45, 2.75) is 45.6 Å². The highest BCUT2D eigenvalue weighted by atomic mass is 35.5. The zero-order chi connectivity index (χ0) is 25.4. The van der Waals surface area contributed by atoms with Gasteiger partial charge in [0.15, 0.2) is 5.65 Å². The van der Waals surface area contributed by atoms with E-state index in [0.29, 0.717) is 34.6 Å². The number of nitrogens with two attached hydrogens (primary N) is 1. The molecule has 0 spiro atoms. The average molecular weight is 510 g/mol. The van der Waals surface area contributed by atoms with E-state index in [1.807, 2.05) is 31.5 Å². The number of aromatic nitrogens is 4. The lowest BCUT2D eigenvalue weighted by Crippen LogP contribution is -2.48. The Labute approximate surface area is 216 Å². The molecule has 36 heavy (non-hydrogen) atoms. The predicted octanol–water partition coefficient (Wildman–Crippen LogP) is 4.08. The Morgan fingerprint density at radius 1 is 1.31 bits per heavy atom. The minimum absolute atomic E-state index is 0.180. The molecule has 3 aromatic rings. The fourth-order valence-electron chi connectivity index (χ4n) is 5.56. The summed E-state index contributed by atoms with van der Waals surface area (Å²) in [6.07, 6.45) is 3.67. The Bertz CT molecular complexity index is 1310. The summed E-state index contributed by atoms with van der Waals surface area (Å²) in [7, 11) is 0. The van der Waals surface area contributed by atoms with E-state index in [4.69, 9.17) is 31.9 Å². The molecule has 2 aliphatic rings. The smallest absolute Gasteiger partial charge is 0.164 e. The summed E-state index contributed by atoms with van der Waals surface area (Å²) in [5.41, 5.74) is 9.81. The van der Waals surface area contributed by atoms with Gasteiger partial charge in [-0.1, -0.05) is 11.6 Å². The van der Waals surface area contributed by atoms with Crippen LogP contribution in [0.1, 0.15) is 61.0 Å². The number of aryl methyl sites for hydroxylation is 1. The summed E-state index contributed by atoms with van der Waals surface area (Å²) in [5.74, 6) is 1.98. The molecule has 190 valence electrons. The highest BCUT2D eigenvalue weighted by Gasteiger charge is 2.36. The van der Waals surface area contributed by atoms with Gasteiger partial charge in [-0.25, -0.2) is 14.6 Å². The van der Waals surface area contributed by atoms with Crippen molar-refractivity contribution in [3.63, 3.8) is 0 Å². The van der Waals surface area contributed by atoms with Crippen molar-refractivity contribution >= 4 is 28.5 Å². The normalized spacial score (nSPS) is 18.2. The molecule has 0 radical (unpaired) electrons. The third kappa shape index (κ3) is 4.38. The van der Waals surface area contributed by atoms with E-state index in [2.05, 4.69) is 20.9 Å². The van der Waals surface area contributed by atoms with Crippen LogP contribution in [0.3, 0.4) is 0 Å². The molecular weight excluding hydrogens is 478 g/mol. The van der Waals surface area contributed by atoms with Crippen molar-refractivity contribution in [3.05, 3.63) is 39.8 Å². The van der Waals surface area contributed by atoms with Crippen LogP contribution >= 0.6 is 11.6 Å². The molecule has 0 saturated carbocycles. The Morgan fingerprint density at radius 2 is 2.06 bits per heavy atom. The fraction of sp³-hybridized carbons (Fsp3) is 0.538. The van der Waals surface area contributed by atoms with Gasteiger partial charge in [-0.05, 0) is 45.6 Å². The minimum atomic E-state index is -0.250. The molecular formula is C26H32ClN7O2. The lowest BCUT2D eigenvalue weighted by molar-refractivity contribution is 0.0368. The molecule has 0 amide bonds. The Morgan fingerprint density at radius 3 is 2.75 bits per heavy atom. The largest absolute Gasteiger partial charge is 0.493 e. The van der Waals surface area contributed by atoms with Crippen molar-refractivity contribution in [1.29, 1.82) is 5.26 Å². The van der Waals surface area contributed by atoms with Crippen molar-refractivity contribution in [3.8, 4) is 11.8 Å². The summed E-state index contributed by atoms with van der Waals surface area (Å²) in [6.45, 7) is 10.9. The van der Waals surface area contributed by atoms with Crippen LogP contribution in [0.25, 0.3) is 11.0 Å². The highest BCUT2D eigenvalue weighted by molar-refractivity contribution is 6.32. The Hall–Kier alpha value is -2.93. The average Bonchev–Trinajstić information content (AvgIpc) is 3.20. The number of nitrogens with zero attached hydrogens (tertiary/aromatic N) is 6. The summed E-state index contributed by atoms with van der Waals surface area (Å²) in [6, 6.07) is 3.94. The number of nitrogen functional groups attached to an aromatic ring is 1. The molecule has 10 heteroatoms. The van der Waals surface area contributed by atoms with E-state index < -0.39 is 0 Å². The zero-order valence-corrected chi connectivity index (χ0v) is 21.8. The van der Waals surface area contributed by atoms with Crippen LogP contribution in [0.5, 0.6) is 5.75 Å². The third-order valence-electron chi connectivity index (χ3n) is 7.43. The number of hydrogen-bond acceptors (Lipinski definition) is 8. The van der Waals surface area contributed by atoms with Crippen LogP contribution < -0.4 is 10.5 Å². The van der Waals surface area contributed by atoms with Gasteiger partial charge in [0, 0.05) is 49.9 Å². The number of benzene rings is 1. The number of rotatable bonds is 7. The second-order valence-corrected chi connectivity index (χ2v) is 10.2. The number of hydrogen-bond donors (Lipinski definition) is 1. The Kier molecular flexibility index (Phi) is 7.02. The SMILES string of the molecule is CCOc1c([C@@H](C)n2nc(C)c3c(N)ncnc32)cc(Cl)c(C#N)c1C1CN(CC2CCOCC2)C1. The standard InChI is InChI=1S/C26H32ClN7O2/c1-4-36-24-19(16(3)34-26-22(15(2)32-34)25(29)30-14-31-26)9-21(27)20(10-28)23(24)18-12-33(13-18)11-17-5-7-35-8-6-17/h9,14,16-18H,4-8,11-13H2,1-3H3,(H2,29,30,31)/t16-/m1/s1.